The summed E-state index contributed by atoms with van der Waals surface area (Å²) in [4.78, 5) is 31.7. The maximum atomic E-state index is 13.7. The first kappa shape index (κ1) is 25.5. The smallest absolute Gasteiger partial charge is 0.338 e. The van der Waals surface area contributed by atoms with Crippen LogP contribution in [0.15, 0.2) is 80.1 Å². The average Bonchev–Trinajstić information content (AvgIpc) is 3.45. The van der Waals surface area contributed by atoms with Gasteiger partial charge in [0, 0.05) is 16.7 Å². The predicted octanol–water partition coefficient (Wildman–Crippen LogP) is 6.02. The second-order valence-electron chi connectivity index (χ2n) is 8.18. The van der Waals surface area contributed by atoms with Crippen LogP contribution < -0.4 is 14.9 Å². The Morgan fingerprint density at radius 2 is 1.86 bits per heavy atom. The average molecular weight is 574 g/mol. The van der Waals surface area contributed by atoms with Crippen LogP contribution in [0, 0.1) is 0 Å². The van der Waals surface area contributed by atoms with Crippen molar-refractivity contribution >= 4 is 58.2 Å². The molecule has 0 unspecified atom stereocenters. The van der Waals surface area contributed by atoms with Crippen molar-refractivity contribution in [3.63, 3.8) is 0 Å². The Morgan fingerprint density at radius 1 is 1.11 bits per heavy atom. The lowest BCUT2D eigenvalue weighted by atomic mass is 9.96. The number of aromatic nitrogens is 1. The number of carbonyl (C=O) groups excluding carboxylic acids is 1. The Bertz CT molecular complexity index is 1730. The minimum Gasteiger partial charge on any atom is -0.463 e. The van der Waals surface area contributed by atoms with Crippen LogP contribution in [0.4, 0.5) is 0 Å². The van der Waals surface area contributed by atoms with Crippen molar-refractivity contribution in [3.8, 4) is 11.3 Å². The summed E-state index contributed by atoms with van der Waals surface area (Å²) in [6, 6.07) is 15.1. The largest absolute Gasteiger partial charge is 0.463 e. The van der Waals surface area contributed by atoms with Crippen LogP contribution >= 0.6 is 46.1 Å². The second kappa shape index (κ2) is 10.3. The predicted molar refractivity (Wildman–Crippen MR) is 146 cm³/mol. The molecule has 4 aromatic rings. The van der Waals surface area contributed by atoms with Gasteiger partial charge in [0.2, 0.25) is 0 Å². The van der Waals surface area contributed by atoms with Crippen molar-refractivity contribution < 1.29 is 13.9 Å². The molecule has 0 saturated heterocycles. The molecule has 0 spiro atoms. The molecule has 37 heavy (non-hydrogen) atoms. The topological polar surface area (TPSA) is 73.8 Å². The molecular weight excluding hydrogens is 555 g/mol. The van der Waals surface area contributed by atoms with E-state index in [1.807, 2.05) is 0 Å². The lowest BCUT2D eigenvalue weighted by Gasteiger charge is -2.24. The van der Waals surface area contributed by atoms with Gasteiger partial charge in [-0.25, -0.2) is 9.79 Å². The molecule has 0 saturated carbocycles. The highest BCUT2D eigenvalue weighted by atomic mass is 35.5. The van der Waals surface area contributed by atoms with E-state index in [2.05, 4.69) is 4.99 Å². The van der Waals surface area contributed by atoms with E-state index in [1.54, 1.807) is 74.5 Å². The molecule has 0 radical (unpaired) electrons. The summed E-state index contributed by atoms with van der Waals surface area (Å²) in [6.45, 7) is 3.67. The van der Waals surface area contributed by atoms with Gasteiger partial charge < -0.3 is 9.15 Å². The molecule has 5 rings (SSSR count). The fourth-order valence-corrected chi connectivity index (χ4v) is 5.57. The summed E-state index contributed by atoms with van der Waals surface area (Å²) in [5.41, 5.74) is 1.97. The number of hydrogen-bond donors (Lipinski definition) is 0. The monoisotopic (exact) mass is 572 g/mol. The lowest BCUT2D eigenvalue weighted by Crippen LogP contribution is -2.39. The number of esters is 1. The summed E-state index contributed by atoms with van der Waals surface area (Å²) in [5.74, 6) is 0.545. The number of thiazole rings is 1. The van der Waals surface area contributed by atoms with Crippen molar-refractivity contribution in [2.45, 2.75) is 19.9 Å². The molecule has 0 aliphatic carbocycles. The van der Waals surface area contributed by atoms with Gasteiger partial charge in [0.1, 0.15) is 11.5 Å². The van der Waals surface area contributed by atoms with Crippen molar-refractivity contribution in [2.24, 2.45) is 4.99 Å². The summed E-state index contributed by atoms with van der Waals surface area (Å²) < 4.78 is 13.2. The van der Waals surface area contributed by atoms with Crippen LogP contribution in [0.2, 0.25) is 15.1 Å². The molecule has 0 bridgehead atoms. The number of carbonyl (C=O) groups is 1. The number of fused-ring (bicyclic) bond motifs is 1. The molecule has 188 valence electrons. The number of allylic oxidation sites excluding steroid dienone is 1. The SMILES string of the molecule is CCOC(=O)C1=C(C)N=c2s/c(=C/c3ccc(-c4ccc(Cl)c(Cl)c4)o3)c(=O)n2[C@@H]1c1ccc(Cl)cc1. The first-order valence-electron chi connectivity index (χ1n) is 11.3. The second-order valence-corrected chi connectivity index (χ2v) is 10.4. The summed E-state index contributed by atoms with van der Waals surface area (Å²) in [5, 5.41) is 1.41. The fourth-order valence-electron chi connectivity index (χ4n) is 4.12. The number of rotatable bonds is 5. The first-order valence-corrected chi connectivity index (χ1v) is 13.2. The molecule has 10 heteroatoms. The maximum absolute atomic E-state index is 13.7. The van der Waals surface area contributed by atoms with E-state index in [0.717, 1.165) is 5.56 Å². The zero-order valence-corrected chi connectivity index (χ0v) is 22.7. The minimum atomic E-state index is -0.710. The van der Waals surface area contributed by atoms with Crippen molar-refractivity contribution in [3.05, 3.63) is 112 Å². The molecule has 1 aliphatic rings. The fraction of sp³-hybridized carbons (Fsp3) is 0.148. The summed E-state index contributed by atoms with van der Waals surface area (Å²) in [7, 11) is 0. The summed E-state index contributed by atoms with van der Waals surface area (Å²) in [6.07, 6.45) is 1.66. The number of hydrogen-bond acceptors (Lipinski definition) is 6. The van der Waals surface area contributed by atoms with Crippen LogP contribution in [-0.2, 0) is 9.53 Å². The minimum absolute atomic E-state index is 0.201. The maximum Gasteiger partial charge on any atom is 0.338 e. The van der Waals surface area contributed by atoms with Crippen LogP contribution in [0.25, 0.3) is 17.4 Å². The van der Waals surface area contributed by atoms with E-state index in [4.69, 9.17) is 44.0 Å². The Labute approximate surface area is 230 Å². The lowest BCUT2D eigenvalue weighted by molar-refractivity contribution is -0.139. The van der Waals surface area contributed by atoms with Crippen molar-refractivity contribution in [1.82, 2.24) is 4.57 Å². The number of ether oxygens (including phenoxy) is 1. The highest BCUT2D eigenvalue weighted by Gasteiger charge is 2.33. The Kier molecular flexibility index (Phi) is 7.14. The Hall–Kier alpha value is -3.10. The number of halogens is 3. The van der Waals surface area contributed by atoms with Crippen LogP contribution in [-0.4, -0.2) is 17.1 Å². The molecule has 0 N–H and O–H groups in total. The molecule has 1 aliphatic heterocycles. The molecule has 3 heterocycles. The van der Waals surface area contributed by atoms with Gasteiger partial charge in [-0.2, -0.15) is 0 Å². The van der Waals surface area contributed by atoms with E-state index in [0.29, 0.717) is 52.8 Å². The van der Waals surface area contributed by atoms with Crippen LogP contribution in [0.3, 0.4) is 0 Å². The van der Waals surface area contributed by atoms with E-state index in [-0.39, 0.29) is 12.2 Å². The standard InChI is InChI=1S/C27H19Cl3N2O4S/c1-3-35-26(34)23-14(2)31-27-32(24(23)15-4-7-17(28)8-5-15)25(33)22(37-27)13-18-9-11-21(36-18)16-6-10-19(29)20(30)12-16/h4-13,24H,3H2,1-2H3/b22-13+/t24-/m1/s1. The number of benzene rings is 2. The van der Waals surface area contributed by atoms with E-state index < -0.39 is 12.0 Å². The van der Waals surface area contributed by atoms with Crippen molar-refractivity contribution in [1.29, 1.82) is 0 Å². The Morgan fingerprint density at radius 3 is 2.57 bits per heavy atom. The molecule has 6 nitrogen and oxygen atoms in total. The normalized spacial score (nSPS) is 15.5. The third-order valence-electron chi connectivity index (χ3n) is 5.81. The van der Waals surface area contributed by atoms with Gasteiger partial charge in [-0.3, -0.25) is 9.36 Å². The molecule has 0 amide bonds. The summed E-state index contributed by atoms with van der Waals surface area (Å²) >= 11 is 19.5. The Balaban J connectivity index is 1.62. The van der Waals surface area contributed by atoms with Crippen LogP contribution in [0.5, 0.6) is 0 Å². The molecule has 2 aromatic heterocycles. The quantitative estimate of drug-likeness (QED) is 0.274. The first-order chi connectivity index (χ1) is 17.8. The van der Waals surface area contributed by atoms with E-state index >= 15 is 0 Å². The van der Waals surface area contributed by atoms with Gasteiger partial charge >= 0.3 is 5.97 Å². The van der Waals surface area contributed by atoms with Gasteiger partial charge in [-0.1, -0.05) is 58.3 Å². The third-order valence-corrected chi connectivity index (χ3v) is 7.78. The van der Waals surface area contributed by atoms with E-state index in [9.17, 15) is 9.59 Å². The third kappa shape index (κ3) is 4.92. The van der Waals surface area contributed by atoms with Crippen LogP contribution in [0.1, 0.15) is 31.2 Å². The zero-order valence-electron chi connectivity index (χ0n) is 19.6. The highest BCUT2D eigenvalue weighted by Crippen LogP contribution is 2.32. The number of nitrogens with zero attached hydrogens (tertiary/aromatic N) is 2. The molecular formula is C27H19Cl3N2O4S. The highest BCUT2D eigenvalue weighted by molar-refractivity contribution is 7.07. The van der Waals surface area contributed by atoms with E-state index in [1.165, 1.54) is 15.9 Å². The zero-order chi connectivity index (χ0) is 26.3. The molecule has 0 fully saturated rings. The van der Waals surface area contributed by atoms with Crippen molar-refractivity contribution in [2.75, 3.05) is 6.61 Å². The van der Waals surface area contributed by atoms with Gasteiger partial charge in [-0.05, 0) is 61.9 Å². The van der Waals surface area contributed by atoms with Gasteiger partial charge in [0.15, 0.2) is 4.80 Å². The van der Waals surface area contributed by atoms with Gasteiger partial charge in [0.05, 0.1) is 38.5 Å². The van der Waals surface area contributed by atoms with Gasteiger partial charge in [-0.15, -0.1) is 0 Å². The molecule has 1 atom stereocenters. The van der Waals surface area contributed by atoms with Gasteiger partial charge in [0.25, 0.3) is 5.56 Å². The number of furan rings is 1. The molecule has 2 aromatic carbocycles.